The lowest BCUT2D eigenvalue weighted by Gasteiger charge is -2.27. The fourth-order valence-corrected chi connectivity index (χ4v) is 2.59. The van der Waals surface area contributed by atoms with Crippen LogP contribution in [0, 0.1) is 13.8 Å². The van der Waals surface area contributed by atoms with Crippen molar-refractivity contribution in [1.29, 1.82) is 0 Å². The molecule has 3 rings (SSSR count). The van der Waals surface area contributed by atoms with Crippen molar-refractivity contribution in [2.24, 2.45) is 0 Å². The zero-order chi connectivity index (χ0) is 11.8. The summed E-state index contributed by atoms with van der Waals surface area (Å²) in [5, 5.41) is 3.33. The topological polar surface area (TPSA) is 29.9 Å². The molecule has 3 nitrogen and oxygen atoms in total. The summed E-state index contributed by atoms with van der Waals surface area (Å²) in [6.45, 7) is 5.33. The van der Waals surface area contributed by atoms with E-state index in [1.165, 1.54) is 16.7 Å². The molecule has 0 amide bonds. The van der Waals surface area contributed by atoms with Crippen molar-refractivity contribution in [1.82, 2.24) is 9.55 Å². The third-order valence-corrected chi connectivity index (χ3v) is 3.50. The summed E-state index contributed by atoms with van der Waals surface area (Å²) in [6, 6.07) is 7.11. The van der Waals surface area contributed by atoms with Gasteiger partial charge in [-0.1, -0.05) is 23.8 Å². The van der Waals surface area contributed by atoms with Gasteiger partial charge in [-0.15, -0.1) is 0 Å². The summed E-state index contributed by atoms with van der Waals surface area (Å²) >= 11 is 0. The highest BCUT2D eigenvalue weighted by Gasteiger charge is 2.22. The second-order valence-electron chi connectivity index (χ2n) is 4.75. The van der Waals surface area contributed by atoms with Gasteiger partial charge in [0.1, 0.15) is 0 Å². The van der Waals surface area contributed by atoms with Crippen LogP contribution in [-0.4, -0.2) is 16.1 Å². The van der Waals surface area contributed by atoms with Gasteiger partial charge in [-0.25, -0.2) is 4.98 Å². The molecule has 1 aromatic carbocycles. The zero-order valence-electron chi connectivity index (χ0n) is 10.3. The number of anilines is 1. The van der Waals surface area contributed by atoms with Gasteiger partial charge in [0.05, 0.1) is 6.04 Å². The van der Waals surface area contributed by atoms with E-state index in [4.69, 9.17) is 0 Å². The molecule has 0 radical (unpaired) electrons. The molecule has 17 heavy (non-hydrogen) atoms. The molecule has 2 aromatic rings. The zero-order valence-corrected chi connectivity index (χ0v) is 10.3. The first-order valence-corrected chi connectivity index (χ1v) is 6.09. The number of rotatable bonds is 1. The monoisotopic (exact) mass is 227 g/mol. The Balaban J connectivity index is 2.09. The van der Waals surface area contributed by atoms with Crippen molar-refractivity contribution in [3.05, 3.63) is 47.3 Å². The molecule has 1 atom stereocenters. The number of aromatic nitrogens is 2. The minimum Gasteiger partial charge on any atom is -0.356 e. The average molecular weight is 227 g/mol. The van der Waals surface area contributed by atoms with Crippen molar-refractivity contribution in [3.8, 4) is 0 Å². The molecule has 0 aliphatic carbocycles. The Hall–Kier alpha value is -1.77. The molecule has 0 bridgehead atoms. The van der Waals surface area contributed by atoms with Gasteiger partial charge in [-0.2, -0.15) is 0 Å². The van der Waals surface area contributed by atoms with E-state index in [0.717, 1.165) is 18.9 Å². The van der Waals surface area contributed by atoms with Crippen LogP contribution in [0.1, 0.15) is 29.2 Å². The molecule has 88 valence electrons. The molecular weight excluding hydrogens is 210 g/mol. The smallest absolute Gasteiger partial charge is 0.203 e. The van der Waals surface area contributed by atoms with Crippen molar-refractivity contribution < 1.29 is 0 Å². The van der Waals surface area contributed by atoms with E-state index >= 15 is 0 Å². The van der Waals surface area contributed by atoms with Gasteiger partial charge in [0, 0.05) is 18.9 Å². The number of hydrogen-bond donors (Lipinski definition) is 1. The van der Waals surface area contributed by atoms with E-state index in [2.05, 4.69) is 53.1 Å². The van der Waals surface area contributed by atoms with E-state index in [0.29, 0.717) is 6.04 Å². The van der Waals surface area contributed by atoms with Crippen LogP contribution < -0.4 is 5.32 Å². The first kappa shape index (κ1) is 10.4. The maximum Gasteiger partial charge on any atom is 0.203 e. The largest absolute Gasteiger partial charge is 0.356 e. The number of benzene rings is 1. The van der Waals surface area contributed by atoms with Crippen molar-refractivity contribution in [2.75, 3.05) is 11.9 Å². The van der Waals surface area contributed by atoms with Gasteiger partial charge >= 0.3 is 0 Å². The Bertz CT molecular complexity index is 542. The lowest BCUT2D eigenvalue weighted by Crippen LogP contribution is -2.23. The maximum atomic E-state index is 4.34. The molecule has 1 N–H and O–H groups in total. The highest BCUT2D eigenvalue weighted by Crippen LogP contribution is 2.31. The van der Waals surface area contributed by atoms with Crippen LogP contribution in [0.4, 0.5) is 5.95 Å². The molecule has 1 unspecified atom stereocenters. The third-order valence-electron chi connectivity index (χ3n) is 3.50. The summed E-state index contributed by atoms with van der Waals surface area (Å²) in [4.78, 5) is 4.34. The molecule has 0 saturated heterocycles. The summed E-state index contributed by atoms with van der Waals surface area (Å²) in [7, 11) is 0. The molecule has 0 fully saturated rings. The van der Waals surface area contributed by atoms with Gasteiger partial charge in [0.15, 0.2) is 0 Å². The first-order valence-electron chi connectivity index (χ1n) is 6.09. The predicted octanol–water partition coefficient (Wildman–Crippen LogP) is 2.90. The summed E-state index contributed by atoms with van der Waals surface area (Å²) < 4.78 is 2.24. The van der Waals surface area contributed by atoms with Gasteiger partial charge < -0.3 is 9.88 Å². The molecule has 0 spiro atoms. The minimum atomic E-state index is 0.425. The molecule has 1 aromatic heterocycles. The number of fused-ring (bicyclic) bond motifs is 1. The number of aryl methyl sites for hydroxylation is 2. The summed E-state index contributed by atoms with van der Waals surface area (Å²) in [5.41, 5.74) is 4.11. The quantitative estimate of drug-likeness (QED) is 0.811. The normalized spacial score (nSPS) is 18.6. The van der Waals surface area contributed by atoms with E-state index in [9.17, 15) is 0 Å². The SMILES string of the molecule is Cc1ccc(C)c(C2CCNc3nccn32)c1. The number of imidazole rings is 1. The van der Waals surface area contributed by atoms with Crippen LogP contribution in [-0.2, 0) is 0 Å². The van der Waals surface area contributed by atoms with Crippen LogP contribution >= 0.6 is 0 Å². The Morgan fingerprint density at radius 3 is 3.12 bits per heavy atom. The third kappa shape index (κ3) is 1.71. The van der Waals surface area contributed by atoms with Gasteiger partial charge in [-0.05, 0) is 31.4 Å². The predicted molar refractivity (Wildman–Crippen MR) is 69.4 cm³/mol. The number of nitrogens with zero attached hydrogens (tertiary/aromatic N) is 2. The van der Waals surface area contributed by atoms with Crippen molar-refractivity contribution in [3.63, 3.8) is 0 Å². The second-order valence-corrected chi connectivity index (χ2v) is 4.75. The van der Waals surface area contributed by atoms with Gasteiger partial charge in [-0.3, -0.25) is 0 Å². The Morgan fingerprint density at radius 2 is 2.24 bits per heavy atom. The second kappa shape index (κ2) is 3.91. The molecule has 1 aliphatic rings. The maximum absolute atomic E-state index is 4.34. The van der Waals surface area contributed by atoms with E-state index in [-0.39, 0.29) is 0 Å². The average Bonchev–Trinajstić information content (AvgIpc) is 2.80. The Morgan fingerprint density at radius 1 is 1.35 bits per heavy atom. The standard InChI is InChI=1S/C14H17N3/c1-10-3-4-11(2)12(9-10)13-5-6-15-14-16-7-8-17(13)14/h3-4,7-9,13H,5-6H2,1-2H3,(H,15,16). The molecular formula is C14H17N3. The van der Waals surface area contributed by atoms with Crippen LogP contribution in [0.3, 0.4) is 0 Å². The van der Waals surface area contributed by atoms with Gasteiger partial charge in [0.25, 0.3) is 0 Å². The van der Waals surface area contributed by atoms with E-state index in [1.54, 1.807) is 0 Å². The fraction of sp³-hybridized carbons (Fsp3) is 0.357. The Labute approximate surface area is 101 Å². The van der Waals surface area contributed by atoms with Gasteiger partial charge in [0.2, 0.25) is 5.95 Å². The lowest BCUT2D eigenvalue weighted by atomic mass is 9.96. The highest BCUT2D eigenvalue weighted by atomic mass is 15.2. The molecule has 3 heteroatoms. The lowest BCUT2D eigenvalue weighted by molar-refractivity contribution is 0.528. The first-order chi connectivity index (χ1) is 8.25. The van der Waals surface area contributed by atoms with Crippen LogP contribution in [0.25, 0.3) is 0 Å². The van der Waals surface area contributed by atoms with E-state index < -0.39 is 0 Å². The summed E-state index contributed by atoms with van der Waals surface area (Å²) in [6.07, 6.45) is 5.05. The van der Waals surface area contributed by atoms with Crippen LogP contribution in [0.5, 0.6) is 0 Å². The van der Waals surface area contributed by atoms with Crippen LogP contribution in [0.2, 0.25) is 0 Å². The number of hydrogen-bond acceptors (Lipinski definition) is 2. The number of nitrogens with one attached hydrogen (secondary N) is 1. The molecule has 2 heterocycles. The van der Waals surface area contributed by atoms with E-state index in [1.807, 2.05) is 6.20 Å². The summed E-state index contributed by atoms with van der Waals surface area (Å²) in [5.74, 6) is 0.988. The highest BCUT2D eigenvalue weighted by molar-refractivity contribution is 5.38. The molecule has 0 saturated carbocycles. The van der Waals surface area contributed by atoms with Crippen molar-refractivity contribution in [2.45, 2.75) is 26.3 Å². The van der Waals surface area contributed by atoms with Crippen LogP contribution in [0.15, 0.2) is 30.6 Å². The minimum absolute atomic E-state index is 0.425. The molecule has 1 aliphatic heterocycles. The van der Waals surface area contributed by atoms with Crippen molar-refractivity contribution >= 4 is 5.95 Å². The fourth-order valence-electron chi connectivity index (χ4n) is 2.59. The Kier molecular flexibility index (Phi) is 2.39.